The first-order valence-corrected chi connectivity index (χ1v) is 14.5. The molecule has 1 unspecified atom stereocenters. The van der Waals surface area contributed by atoms with E-state index in [2.05, 4.69) is 9.88 Å². The van der Waals surface area contributed by atoms with Crippen LogP contribution < -0.4 is 0 Å². The molecule has 1 atom stereocenters. The van der Waals surface area contributed by atoms with E-state index in [-0.39, 0.29) is 17.2 Å². The SMILES string of the molecule is O=C(c1csc(-c2ccc(Cl)cc2)n1)N1CCN(CCN2C(=O)CSC2c2c(Cl)cccc2Cl)CC1. The largest absolute Gasteiger partial charge is 0.335 e. The molecule has 6 nitrogen and oxygen atoms in total. The van der Waals surface area contributed by atoms with E-state index in [1.165, 1.54) is 11.3 Å². The number of carbonyl (C=O) groups excluding carboxylic acids is 2. The third kappa shape index (κ3) is 5.54. The van der Waals surface area contributed by atoms with Gasteiger partial charge in [0.25, 0.3) is 5.91 Å². The van der Waals surface area contributed by atoms with Crippen molar-refractivity contribution in [3.63, 3.8) is 0 Å². The number of rotatable bonds is 6. The van der Waals surface area contributed by atoms with E-state index in [1.807, 2.05) is 45.5 Å². The average molecular weight is 582 g/mol. The molecule has 0 N–H and O–H groups in total. The summed E-state index contributed by atoms with van der Waals surface area (Å²) in [5, 5.41) is 4.26. The Bertz CT molecular complexity index is 1240. The van der Waals surface area contributed by atoms with Crippen LogP contribution in [0.4, 0.5) is 0 Å². The highest BCUT2D eigenvalue weighted by atomic mass is 35.5. The van der Waals surface area contributed by atoms with Gasteiger partial charge in [-0.3, -0.25) is 14.5 Å². The predicted octanol–water partition coefficient (Wildman–Crippen LogP) is 5.80. The van der Waals surface area contributed by atoms with E-state index in [1.54, 1.807) is 23.9 Å². The lowest BCUT2D eigenvalue weighted by Crippen LogP contribution is -2.50. The summed E-state index contributed by atoms with van der Waals surface area (Å²) in [4.78, 5) is 36.2. The molecule has 5 rings (SSSR count). The smallest absolute Gasteiger partial charge is 0.273 e. The highest BCUT2D eigenvalue weighted by molar-refractivity contribution is 8.00. The summed E-state index contributed by atoms with van der Waals surface area (Å²) < 4.78 is 0. The first kappa shape index (κ1) is 25.8. The summed E-state index contributed by atoms with van der Waals surface area (Å²) in [6, 6.07) is 12.9. The van der Waals surface area contributed by atoms with Crippen LogP contribution in [0.25, 0.3) is 10.6 Å². The van der Waals surface area contributed by atoms with E-state index < -0.39 is 0 Å². The zero-order chi connectivity index (χ0) is 25.2. The van der Waals surface area contributed by atoms with Crippen molar-refractivity contribution in [1.82, 2.24) is 19.7 Å². The Balaban J connectivity index is 1.16. The molecular formula is C25H23Cl3N4O2S2. The quantitative estimate of drug-likeness (QED) is 0.368. The molecule has 188 valence electrons. The molecule has 2 aliphatic heterocycles. The molecule has 0 saturated carbocycles. The van der Waals surface area contributed by atoms with Crippen LogP contribution in [0.5, 0.6) is 0 Å². The molecule has 2 aliphatic rings. The Kier molecular flexibility index (Phi) is 8.10. The number of nitrogens with zero attached hydrogens (tertiary/aromatic N) is 4. The van der Waals surface area contributed by atoms with Crippen LogP contribution in [0.1, 0.15) is 21.4 Å². The van der Waals surface area contributed by atoms with Gasteiger partial charge in [0.15, 0.2) is 0 Å². The van der Waals surface area contributed by atoms with Crippen molar-refractivity contribution >= 4 is 69.7 Å². The monoisotopic (exact) mass is 580 g/mol. The standard InChI is InChI=1S/C25H23Cl3N4O2S2/c26-17-6-4-16(5-7-17)23-29-20(14-35-23)24(34)31-11-8-30(9-12-31)10-13-32-21(33)15-36-25(32)22-18(27)2-1-3-19(22)28/h1-7,14,25H,8-13,15H2. The second kappa shape index (κ2) is 11.3. The van der Waals surface area contributed by atoms with E-state index in [0.29, 0.717) is 46.1 Å². The Hall–Kier alpha value is -1.81. The molecule has 2 aromatic carbocycles. The third-order valence-electron chi connectivity index (χ3n) is 6.35. The number of halogens is 3. The molecular weight excluding hydrogens is 559 g/mol. The van der Waals surface area contributed by atoms with Crippen molar-refractivity contribution in [2.24, 2.45) is 0 Å². The maximum absolute atomic E-state index is 13.0. The van der Waals surface area contributed by atoms with Crippen molar-refractivity contribution < 1.29 is 9.59 Å². The molecule has 0 bridgehead atoms. The number of piperazine rings is 1. The Morgan fingerprint density at radius 3 is 2.36 bits per heavy atom. The van der Waals surface area contributed by atoms with Gasteiger partial charge in [-0.2, -0.15) is 0 Å². The summed E-state index contributed by atoms with van der Waals surface area (Å²) >= 11 is 21.8. The lowest BCUT2D eigenvalue weighted by Gasteiger charge is -2.36. The number of hydrogen-bond acceptors (Lipinski definition) is 6. The number of thioether (sulfide) groups is 1. The summed E-state index contributed by atoms with van der Waals surface area (Å²) in [5.74, 6) is 0.459. The van der Waals surface area contributed by atoms with Crippen LogP contribution in [0.3, 0.4) is 0 Å². The molecule has 2 saturated heterocycles. The zero-order valence-corrected chi connectivity index (χ0v) is 23.1. The van der Waals surface area contributed by atoms with Gasteiger partial charge in [0, 0.05) is 70.8 Å². The molecule has 36 heavy (non-hydrogen) atoms. The van der Waals surface area contributed by atoms with Crippen LogP contribution >= 0.6 is 57.9 Å². The number of amides is 2. The van der Waals surface area contributed by atoms with Crippen LogP contribution in [0.2, 0.25) is 15.1 Å². The van der Waals surface area contributed by atoms with Gasteiger partial charge in [0.2, 0.25) is 5.91 Å². The lowest BCUT2D eigenvalue weighted by atomic mass is 10.2. The topological polar surface area (TPSA) is 56.8 Å². The van der Waals surface area contributed by atoms with E-state index in [0.717, 1.165) is 35.8 Å². The van der Waals surface area contributed by atoms with Gasteiger partial charge in [0.05, 0.1) is 5.75 Å². The molecule has 2 amide bonds. The first-order valence-electron chi connectivity index (χ1n) is 11.5. The molecule has 11 heteroatoms. The van der Waals surface area contributed by atoms with Gasteiger partial charge in [-0.05, 0) is 24.3 Å². The van der Waals surface area contributed by atoms with Crippen molar-refractivity contribution in [2.45, 2.75) is 5.37 Å². The minimum Gasteiger partial charge on any atom is -0.335 e. The van der Waals surface area contributed by atoms with Crippen molar-refractivity contribution in [2.75, 3.05) is 45.0 Å². The maximum atomic E-state index is 13.0. The number of aromatic nitrogens is 1. The van der Waals surface area contributed by atoms with Crippen LogP contribution in [0, 0.1) is 0 Å². The Morgan fingerprint density at radius 1 is 0.972 bits per heavy atom. The highest BCUT2D eigenvalue weighted by Crippen LogP contribution is 2.44. The summed E-state index contributed by atoms with van der Waals surface area (Å²) in [6.45, 7) is 4.04. The summed E-state index contributed by atoms with van der Waals surface area (Å²) in [6.07, 6.45) is 0. The fourth-order valence-electron chi connectivity index (χ4n) is 4.36. The number of hydrogen-bond donors (Lipinski definition) is 0. The fraction of sp³-hybridized carbons (Fsp3) is 0.320. The van der Waals surface area contributed by atoms with E-state index in [9.17, 15) is 9.59 Å². The number of benzene rings is 2. The van der Waals surface area contributed by atoms with Crippen LogP contribution in [0.15, 0.2) is 47.8 Å². The normalized spacial score (nSPS) is 18.8. The molecule has 0 radical (unpaired) electrons. The Labute approximate surface area is 233 Å². The van der Waals surface area contributed by atoms with Crippen LogP contribution in [-0.2, 0) is 4.79 Å². The number of carbonyl (C=O) groups is 2. The predicted molar refractivity (Wildman–Crippen MR) is 148 cm³/mol. The minimum atomic E-state index is -0.180. The molecule has 3 aromatic rings. The van der Waals surface area contributed by atoms with E-state index in [4.69, 9.17) is 34.8 Å². The Morgan fingerprint density at radius 2 is 1.67 bits per heavy atom. The van der Waals surface area contributed by atoms with Gasteiger partial charge in [-0.15, -0.1) is 23.1 Å². The van der Waals surface area contributed by atoms with Crippen molar-refractivity contribution in [1.29, 1.82) is 0 Å². The van der Waals surface area contributed by atoms with Gasteiger partial charge >= 0.3 is 0 Å². The van der Waals surface area contributed by atoms with Gasteiger partial charge in [0.1, 0.15) is 16.1 Å². The number of thiazole rings is 1. The fourth-order valence-corrected chi connectivity index (χ4v) is 7.31. The van der Waals surface area contributed by atoms with Crippen LogP contribution in [-0.4, -0.2) is 76.5 Å². The third-order valence-corrected chi connectivity index (χ3v) is 9.37. The summed E-state index contributed by atoms with van der Waals surface area (Å²) in [5.41, 5.74) is 2.21. The molecule has 3 heterocycles. The van der Waals surface area contributed by atoms with Crippen molar-refractivity contribution in [3.05, 3.63) is 74.2 Å². The van der Waals surface area contributed by atoms with Gasteiger partial charge in [-0.25, -0.2) is 4.98 Å². The average Bonchev–Trinajstić information content (AvgIpc) is 3.51. The minimum absolute atomic E-state index is 0.0503. The zero-order valence-electron chi connectivity index (χ0n) is 19.2. The maximum Gasteiger partial charge on any atom is 0.273 e. The second-order valence-corrected chi connectivity index (χ2v) is 11.7. The molecule has 2 fully saturated rings. The first-order chi connectivity index (χ1) is 17.4. The second-order valence-electron chi connectivity index (χ2n) is 8.56. The lowest BCUT2D eigenvalue weighted by molar-refractivity contribution is -0.128. The summed E-state index contributed by atoms with van der Waals surface area (Å²) in [7, 11) is 0. The molecule has 0 spiro atoms. The van der Waals surface area contributed by atoms with Crippen molar-refractivity contribution in [3.8, 4) is 10.6 Å². The van der Waals surface area contributed by atoms with Gasteiger partial charge in [-0.1, -0.05) is 53.0 Å². The highest BCUT2D eigenvalue weighted by Gasteiger charge is 2.35. The van der Waals surface area contributed by atoms with Gasteiger partial charge < -0.3 is 9.80 Å². The molecule has 0 aliphatic carbocycles. The molecule has 1 aromatic heterocycles. The van der Waals surface area contributed by atoms with E-state index >= 15 is 0 Å².